The van der Waals surface area contributed by atoms with Crippen LogP contribution in [0.4, 0.5) is 0 Å². The number of halogens is 2. The summed E-state index contributed by atoms with van der Waals surface area (Å²) in [5.41, 5.74) is 7.02. The lowest BCUT2D eigenvalue weighted by atomic mass is 9.87. The molecule has 0 radical (unpaired) electrons. The van der Waals surface area contributed by atoms with E-state index in [1.807, 2.05) is 12.1 Å². The number of rotatable bonds is 2. The fourth-order valence-corrected chi connectivity index (χ4v) is 2.48. The van der Waals surface area contributed by atoms with E-state index in [1.54, 1.807) is 6.07 Å². The second-order valence-electron chi connectivity index (χ2n) is 4.18. The molecule has 1 aromatic carbocycles. The first-order chi connectivity index (χ1) is 7.68. The van der Waals surface area contributed by atoms with Crippen LogP contribution in [0.2, 0.25) is 0 Å². The minimum absolute atomic E-state index is 0. The number of phenolic OH excluding ortho intramolecular Hbond substituents is 1. The van der Waals surface area contributed by atoms with E-state index in [2.05, 4.69) is 15.9 Å². The van der Waals surface area contributed by atoms with Gasteiger partial charge in [0.2, 0.25) is 0 Å². The summed E-state index contributed by atoms with van der Waals surface area (Å²) in [5, 5.41) is 9.85. The highest BCUT2D eigenvalue weighted by Gasteiger charge is 2.24. The molecule has 0 spiro atoms. The maximum absolute atomic E-state index is 9.85. The van der Waals surface area contributed by atoms with E-state index < -0.39 is 0 Å². The summed E-state index contributed by atoms with van der Waals surface area (Å²) in [6.45, 7) is 1.55. The van der Waals surface area contributed by atoms with Crippen molar-refractivity contribution in [2.45, 2.75) is 18.9 Å². The standard InChI is InChI=1S/C12H16BrNO2.ClH/c13-9-1-2-10(11(15)7-9)12(14)8-3-5-16-6-4-8;/h1-2,7-8,12,15H,3-6,14H2;1H/t12-;/m0./s1. The third-order valence-electron chi connectivity index (χ3n) is 3.13. The molecule has 1 aliphatic heterocycles. The van der Waals surface area contributed by atoms with E-state index in [4.69, 9.17) is 10.5 Å². The van der Waals surface area contributed by atoms with Crippen LogP contribution in [0.25, 0.3) is 0 Å². The van der Waals surface area contributed by atoms with E-state index in [0.717, 1.165) is 36.1 Å². The van der Waals surface area contributed by atoms with Crippen LogP contribution in [0.15, 0.2) is 22.7 Å². The Morgan fingerprint density at radius 3 is 2.59 bits per heavy atom. The van der Waals surface area contributed by atoms with E-state index in [-0.39, 0.29) is 24.2 Å². The first-order valence-electron chi connectivity index (χ1n) is 5.50. The van der Waals surface area contributed by atoms with Gasteiger partial charge in [-0.25, -0.2) is 0 Å². The van der Waals surface area contributed by atoms with Gasteiger partial charge in [0.25, 0.3) is 0 Å². The van der Waals surface area contributed by atoms with Crippen molar-refractivity contribution in [3.63, 3.8) is 0 Å². The molecule has 0 saturated carbocycles. The molecular formula is C12H17BrClNO2. The lowest BCUT2D eigenvalue weighted by molar-refractivity contribution is 0.0581. The smallest absolute Gasteiger partial charge is 0.121 e. The molecule has 17 heavy (non-hydrogen) atoms. The lowest BCUT2D eigenvalue weighted by Gasteiger charge is -2.28. The summed E-state index contributed by atoms with van der Waals surface area (Å²) in [6, 6.07) is 5.39. The molecule has 5 heteroatoms. The third-order valence-corrected chi connectivity index (χ3v) is 3.62. The average Bonchev–Trinajstić information content (AvgIpc) is 2.29. The second kappa shape index (κ2) is 6.59. The van der Waals surface area contributed by atoms with Gasteiger partial charge >= 0.3 is 0 Å². The Labute approximate surface area is 116 Å². The van der Waals surface area contributed by atoms with Crippen LogP contribution in [-0.4, -0.2) is 18.3 Å². The maximum Gasteiger partial charge on any atom is 0.121 e. The second-order valence-corrected chi connectivity index (χ2v) is 5.09. The number of benzene rings is 1. The topological polar surface area (TPSA) is 55.5 Å². The summed E-state index contributed by atoms with van der Waals surface area (Å²) in [5.74, 6) is 0.675. The molecule has 1 aromatic rings. The number of hydrogen-bond donors (Lipinski definition) is 2. The molecular weight excluding hydrogens is 305 g/mol. The van der Waals surface area contributed by atoms with Crippen molar-refractivity contribution < 1.29 is 9.84 Å². The molecule has 0 amide bonds. The number of phenols is 1. The Kier molecular flexibility index (Phi) is 5.73. The average molecular weight is 323 g/mol. The molecule has 0 aliphatic carbocycles. The van der Waals surface area contributed by atoms with Gasteiger partial charge in [-0.3, -0.25) is 0 Å². The van der Waals surface area contributed by atoms with Gasteiger partial charge in [0.15, 0.2) is 0 Å². The molecule has 1 saturated heterocycles. The summed E-state index contributed by atoms with van der Waals surface area (Å²) in [4.78, 5) is 0. The summed E-state index contributed by atoms with van der Waals surface area (Å²) in [6.07, 6.45) is 1.94. The molecule has 0 unspecified atom stereocenters. The zero-order valence-corrected chi connectivity index (χ0v) is 11.8. The van der Waals surface area contributed by atoms with Crippen molar-refractivity contribution in [2.24, 2.45) is 11.7 Å². The Balaban J connectivity index is 0.00000144. The first kappa shape index (κ1) is 14.8. The Morgan fingerprint density at radius 1 is 1.35 bits per heavy atom. The van der Waals surface area contributed by atoms with E-state index >= 15 is 0 Å². The van der Waals surface area contributed by atoms with Gasteiger partial charge in [-0.2, -0.15) is 0 Å². The molecule has 1 aliphatic rings. The minimum Gasteiger partial charge on any atom is -0.508 e. The molecule has 2 rings (SSSR count). The van der Waals surface area contributed by atoms with Crippen molar-refractivity contribution in [1.82, 2.24) is 0 Å². The molecule has 1 heterocycles. The highest BCUT2D eigenvalue weighted by molar-refractivity contribution is 9.10. The van der Waals surface area contributed by atoms with Crippen LogP contribution in [0.5, 0.6) is 5.75 Å². The molecule has 96 valence electrons. The third kappa shape index (κ3) is 3.58. The number of ether oxygens (including phenoxy) is 1. The van der Waals surface area contributed by atoms with Crippen molar-refractivity contribution >= 4 is 28.3 Å². The summed E-state index contributed by atoms with van der Waals surface area (Å²) >= 11 is 3.32. The van der Waals surface area contributed by atoms with Crippen LogP contribution >= 0.6 is 28.3 Å². The Bertz CT molecular complexity index is 370. The van der Waals surface area contributed by atoms with Gasteiger partial charge < -0.3 is 15.6 Å². The van der Waals surface area contributed by atoms with E-state index in [0.29, 0.717) is 5.92 Å². The summed E-state index contributed by atoms with van der Waals surface area (Å²) < 4.78 is 6.18. The maximum atomic E-state index is 9.85. The molecule has 0 bridgehead atoms. The van der Waals surface area contributed by atoms with E-state index in [9.17, 15) is 5.11 Å². The highest BCUT2D eigenvalue weighted by atomic mass is 79.9. The van der Waals surface area contributed by atoms with Gasteiger partial charge in [-0.1, -0.05) is 22.0 Å². The molecule has 3 N–H and O–H groups in total. The molecule has 3 nitrogen and oxygen atoms in total. The number of aromatic hydroxyl groups is 1. The highest BCUT2D eigenvalue weighted by Crippen LogP contribution is 2.34. The predicted octanol–water partition coefficient (Wildman–Crippen LogP) is 3.00. The van der Waals surface area contributed by atoms with Crippen LogP contribution in [0.3, 0.4) is 0 Å². The van der Waals surface area contributed by atoms with E-state index in [1.165, 1.54) is 0 Å². The van der Waals surface area contributed by atoms with Gasteiger partial charge in [0.05, 0.1) is 0 Å². The van der Waals surface area contributed by atoms with Crippen LogP contribution in [0.1, 0.15) is 24.4 Å². The SMILES string of the molecule is Cl.N[C@H](c1ccc(Br)cc1O)C1CCOCC1. The zero-order chi connectivity index (χ0) is 11.5. The largest absolute Gasteiger partial charge is 0.508 e. The van der Waals surface area contributed by atoms with Crippen LogP contribution in [0, 0.1) is 5.92 Å². The summed E-state index contributed by atoms with van der Waals surface area (Å²) in [7, 11) is 0. The van der Waals surface area contributed by atoms with Gasteiger partial charge in [0.1, 0.15) is 5.75 Å². The number of nitrogens with two attached hydrogens (primary N) is 1. The molecule has 0 aromatic heterocycles. The van der Waals surface area contributed by atoms with Gasteiger partial charge in [0, 0.05) is 29.3 Å². The lowest BCUT2D eigenvalue weighted by Crippen LogP contribution is -2.27. The Hall–Kier alpha value is -0.290. The first-order valence-corrected chi connectivity index (χ1v) is 6.29. The monoisotopic (exact) mass is 321 g/mol. The van der Waals surface area contributed by atoms with Gasteiger partial charge in [-0.15, -0.1) is 12.4 Å². The fourth-order valence-electron chi connectivity index (χ4n) is 2.13. The van der Waals surface area contributed by atoms with Crippen molar-refractivity contribution in [3.05, 3.63) is 28.2 Å². The minimum atomic E-state index is -0.100. The van der Waals surface area contributed by atoms with Crippen molar-refractivity contribution in [2.75, 3.05) is 13.2 Å². The van der Waals surface area contributed by atoms with Gasteiger partial charge in [-0.05, 0) is 30.9 Å². The Morgan fingerprint density at radius 2 is 2.00 bits per heavy atom. The molecule has 1 fully saturated rings. The normalized spacial score (nSPS) is 18.5. The van der Waals surface area contributed by atoms with Crippen molar-refractivity contribution in [3.8, 4) is 5.75 Å². The fraction of sp³-hybridized carbons (Fsp3) is 0.500. The van der Waals surface area contributed by atoms with Crippen LogP contribution in [-0.2, 0) is 4.74 Å². The van der Waals surface area contributed by atoms with Crippen molar-refractivity contribution in [1.29, 1.82) is 0 Å². The molecule has 1 atom stereocenters. The number of hydrogen-bond acceptors (Lipinski definition) is 3. The quantitative estimate of drug-likeness (QED) is 0.880. The van der Waals surface area contributed by atoms with Crippen LogP contribution < -0.4 is 5.73 Å². The zero-order valence-electron chi connectivity index (χ0n) is 9.43. The predicted molar refractivity (Wildman–Crippen MR) is 73.5 cm³/mol.